The third-order valence-corrected chi connectivity index (χ3v) is 15.0. The van der Waals surface area contributed by atoms with Crippen LogP contribution in [0, 0.1) is 0 Å². The van der Waals surface area contributed by atoms with Gasteiger partial charge in [0.05, 0.1) is 6.61 Å². The highest BCUT2D eigenvalue weighted by atomic mass is 31.2. The molecule has 0 saturated heterocycles. The lowest BCUT2D eigenvalue weighted by atomic mass is 9.85. The third-order valence-electron chi connectivity index (χ3n) is 14.0. The second-order valence-corrected chi connectivity index (χ2v) is 22.3. The van der Waals surface area contributed by atoms with Gasteiger partial charge < -0.3 is 39.9 Å². The molecular formula is C58H109O13P. The van der Waals surface area contributed by atoms with Gasteiger partial charge in [0.15, 0.2) is 6.10 Å². The van der Waals surface area contributed by atoms with Gasteiger partial charge in [-0.1, -0.05) is 244 Å². The minimum absolute atomic E-state index is 0.0954. The van der Waals surface area contributed by atoms with Gasteiger partial charge >= 0.3 is 19.8 Å². The highest BCUT2D eigenvalue weighted by molar-refractivity contribution is 7.47. The normalized spacial score (nSPS) is 20.6. The fraction of sp³-hybridized carbons (Fsp3) is 0.897. The Kier molecular flexibility index (Phi) is 45.3. The number of phosphoric acid groups is 1. The van der Waals surface area contributed by atoms with Gasteiger partial charge in [-0.2, -0.15) is 0 Å². The van der Waals surface area contributed by atoms with E-state index in [-0.39, 0.29) is 12.8 Å². The van der Waals surface area contributed by atoms with E-state index in [1.165, 1.54) is 180 Å². The van der Waals surface area contributed by atoms with Crippen LogP contribution < -0.4 is 0 Å². The van der Waals surface area contributed by atoms with E-state index in [0.29, 0.717) is 12.8 Å². The number of hydrogen-bond acceptors (Lipinski definition) is 12. The molecule has 0 aromatic rings. The topological polar surface area (TPSA) is 210 Å². The molecule has 6 atom stereocenters. The Morgan fingerprint density at radius 3 is 1.12 bits per heavy atom. The number of rotatable bonds is 51. The Balaban J connectivity index is 2.31. The summed E-state index contributed by atoms with van der Waals surface area (Å²) in [6, 6.07) is 0. The number of phosphoric ester groups is 1. The molecule has 1 saturated carbocycles. The lowest BCUT2D eigenvalue weighted by Gasteiger charge is -2.41. The van der Waals surface area contributed by atoms with Crippen LogP contribution in [0.15, 0.2) is 24.3 Å². The molecule has 72 heavy (non-hydrogen) atoms. The Bertz CT molecular complexity index is 1350. The van der Waals surface area contributed by atoms with E-state index >= 15 is 0 Å². The molecule has 0 amide bonds. The van der Waals surface area contributed by atoms with E-state index < -0.39 is 75.7 Å². The van der Waals surface area contributed by atoms with Crippen LogP contribution in [0.5, 0.6) is 0 Å². The number of unbranched alkanes of at least 4 members (excludes halogenated alkanes) is 35. The van der Waals surface area contributed by atoms with Crippen LogP contribution in [0.25, 0.3) is 0 Å². The van der Waals surface area contributed by atoms with Crippen LogP contribution in [0.3, 0.4) is 0 Å². The molecule has 0 aromatic carbocycles. The number of hydrogen-bond donors (Lipinski definition) is 6. The van der Waals surface area contributed by atoms with E-state index in [0.717, 1.165) is 57.8 Å². The van der Waals surface area contributed by atoms with Crippen LogP contribution in [-0.2, 0) is 32.7 Å². The molecule has 0 aromatic heterocycles. The first-order chi connectivity index (χ1) is 34.9. The minimum Gasteiger partial charge on any atom is -0.462 e. The number of carbonyl (C=O) groups is 2. The first kappa shape index (κ1) is 68.3. The van der Waals surface area contributed by atoms with Crippen molar-refractivity contribution in [3.05, 3.63) is 24.3 Å². The fourth-order valence-electron chi connectivity index (χ4n) is 9.32. The van der Waals surface area contributed by atoms with Crippen molar-refractivity contribution < 1.29 is 63.1 Å². The van der Waals surface area contributed by atoms with Crippen LogP contribution in [0.1, 0.15) is 277 Å². The molecule has 0 aliphatic heterocycles. The zero-order valence-corrected chi connectivity index (χ0v) is 46.6. The van der Waals surface area contributed by atoms with Crippen molar-refractivity contribution in [2.75, 3.05) is 13.2 Å². The molecule has 0 heterocycles. The summed E-state index contributed by atoms with van der Waals surface area (Å²) in [7, 11) is -5.13. The van der Waals surface area contributed by atoms with E-state index in [9.17, 15) is 44.6 Å². The second-order valence-electron chi connectivity index (χ2n) is 20.9. The molecule has 1 fully saturated rings. The zero-order valence-electron chi connectivity index (χ0n) is 45.7. The first-order valence-electron chi connectivity index (χ1n) is 29.6. The predicted octanol–water partition coefficient (Wildman–Crippen LogP) is 13.9. The van der Waals surface area contributed by atoms with Gasteiger partial charge in [-0.05, 0) is 44.9 Å². The highest BCUT2D eigenvalue weighted by Gasteiger charge is 2.51. The van der Waals surface area contributed by atoms with Crippen LogP contribution in [0.4, 0.5) is 0 Å². The van der Waals surface area contributed by atoms with Crippen LogP contribution >= 0.6 is 7.82 Å². The van der Waals surface area contributed by atoms with Crippen molar-refractivity contribution in [1.82, 2.24) is 0 Å². The summed E-state index contributed by atoms with van der Waals surface area (Å²) in [6.07, 6.45) is 43.6. The standard InChI is InChI=1S/C58H109O13P/c1-3-5-7-9-11-13-15-17-19-21-23-25-27-28-30-32-34-36-38-40-42-44-46-51(59)68-48-50(49-69-72(66,67)71-58-56(64)54(62)53(61)55(63)57(58)65)70-52(60)47-45-43-41-39-37-35-33-31-29-26-24-22-20-18-16-14-12-10-8-6-4-2/h16,18,22,24,50,53-58,61-65H,3-15,17,19-21,23,25-49H2,1-2H3,(H,66,67)/b18-16-,24-22-. The third kappa shape index (κ3) is 38.8. The Labute approximate surface area is 438 Å². The summed E-state index contributed by atoms with van der Waals surface area (Å²) in [6.45, 7) is 3.35. The smallest absolute Gasteiger partial charge is 0.462 e. The lowest BCUT2D eigenvalue weighted by molar-refractivity contribution is -0.220. The summed E-state index contributed by atoms with van der Waals surface area (Å²) >= 11 is 0. The Hall–Kier alpha value is -1.67. The van der Waals surface area contributed by atoms with Gasteiger partial charge in [0.2, 0.25) is 0 Å². The quantitative estimate of drug-likeness (QED) is 0.0145. The molecule has 0 spiro atoms. The maximum absolute atomic E-state index is 12.9. The summed E-state index contributed by atoms with van der Waals surface area (Å²) in [5, 5.41) is 50.4. The molecule has 14 heteroatoms. The molecule has 1 aliphatic carbocycles. The minimum atomic E-state index is -5.13. The maximum atomic E-state index is 12.9. The molecule has 0 radical (unpaired) electrons. The number of esters is 2. The summed E-state index contributed by atoms with van der Waals surface area (Å²) in [5.41, 5.74) is 0. The fourth-order valence-corrected chi connectivity index (χ4v) is 10.3. The van der Waals surface area contributed by atoms with Crippen LogP contribution in [0.2, 0.25) is 0 Å². The second kappa shape index (κ2) is 47.8. The van der Waals surface area contributed by atoms with E-state index in [1.54, 1.807) is 0 Å². The summed E-state index contributed by atoms with van der Waals surface area (Å²) < 4.78 is 33.8. The maximum Gasteiger partial charge on any atom is 0.472 e. The monoisotopic (exact) mass is 1040 g/mol. The zero-order chi connectivity index (χ0) is 52.8. The largest absolute Gasteiger partial charge is 0.472 e. The van der Waals surface area contributed by atoms with Crippen molar-refractivity contribution in [1.29, 1.82) is 0 Å². The van der Waals surface area contributed by atoms with E-state index in [2.05, 4.69) is 38.2 Å². The van der Waals surface area contributed by atoms with Gasteiger partial charge in [-0.25, -0.2) is 4.57 Å². The van der Waals surface area contributed by atoms with Gasteiger partial charge in [0.25, 0.3) is 0 Å². The molecule has 6 N–H and O–H groups in total. The van der Waals surface area contributed by atoms with Crippen molar-refractivity contribution in [2.45, 2.75) is 320 Å². The van der Waals surface area contributed by atoms with Gasteiger partial charge in [-0.15, -0.1) is 0 Å². The number of aliphatic hydroxyl groups is 5. The number of ether oxygens (including phenoxy) is 2. The van der Waals surface area contributed by atoms with Gasteiger partial charge in [0, 0.05) is 12.8 Å². The molecule has 6 unspecified atom stereocenters. The molecule has 13 nitrogen and oxygen atoms in total. The number of allylic oxidation sites excluding steroid dienone is 4. The van der Waals surface area contributed by atoms with E-state index in [1.807, 2.05) is 0 Å². The molecule has 424 valence electrons. The first-order valence-corrected chi connectivity index (χ1v) is 31.1. The predicted molar refractivity (Wildman–Crippen MR) is 290 cm³/mol. The molecular weight excluding hydrogens is 936 g/mol. The number of aliphatic hydroxyl groups excluding tert-OH is 5. The van der Waals surface area contributed by atoms with Crippen molar-refractivity contribution in [2.24, 2.45) is 0 Å². The average molecular weight is 1050 g/mol. The molecule has 1 aliphatic rings. The van der Waals surface area contributed by atoms with E-state index in [4.69, 9.17) is 18.5 Å². The van der Waals surface area contributed by atoms with Crippen molar-refractivity contribution in [3.8, 4) is 0 Å². The SMILES string of the molecule is CCCCCCC/C=C\C/C=C\CCCCCCCCCCCC(=O)OC(COC(=O)CCCCCCCCCCCCCCCCCCCCCCCC)COP(=O)(O)OC1C(O)C(O)C(O)C(O)C1O. The van der Waals surface area contributed by atoms with Crippen molar-refractivity contribution in [3.63, 3.8) is 0 Å². The van der Waals surface area contributed by atoms with Gasteiger partial charge in [0.1, 0.15) is 43.2 Å². The number of carbonyl (C=O) groups excluding carboxylic acids is 2. The van der Waals surface area contributed by atoms with Crippen molar-refractivity contribution >= 4 is 19.8 Å². The Morgan fingerprint density at radius 2 is 0.750 bits per heavy atom. The van der Waals surface area contributed by atoms with Crippen LogP contribution in [-0.4, -0.2) is 98.3 Å². The van der Waals surface area contributed by atoms with Gasteiger partial charge in [-0.3, -0.25) is 18.6 Å². The highest BCUT2D eigenvalue weighted by Crippen LogP contribution is 2.47. The summed E-state index contributed by atoms with van der Waals surface area (Å²) in [5.74, 6) is -1.09. The lowest BCUT2D eigenvalue weighted by Crippen LogP contribution is -2.64. The summed E-state index contributed by atoms with van der Waals surface area (Å²) in [4.78, 5) is 36.0. The Morgan fingerprint density at radius 1 is 0.431 bits per heavy atom. The molecule has 1 rings (SSSR count). The molecule has 0 bridgehead atoms. The average Bonchev–Trinajstić information content (AvgIpc) is 3.36.